The molecular formula is C18H24O3. The van der Waals surface area contributed by atoms with E-state index >= 15 is 0 Å². The zero-order valence-corrected chi connectivity index (χ0v) is 12.7. The molecule has 1 aromatic carbocycles. The molecule has 4 unspecified atom stereocenters. The lowest BCUT2D eigenvalue weighted by molar-refractivity contribution is -0.131. The van der Waals surface area contributed by atoms with Gasteiger partial charge in [0.25, 0.3) is 0 Å². The average Bonchev–Trinajstić information content (AvgIpc) is 2.82. The van der Waals surface area contributed by atoms with E-state index in [1.807, 2.05) is 6.07 Å². The summed E-state index contributed by atoms with van der Waals surface area (Å²) >= 11 is 0. The fraction of sp³-hybridized carbons (Fsp3) is 0.611. The Labute approximate surface area is 126 Å². The van der Waals surface area contributed by atoms with Crippen molar-refractivity contribution in [3.05, 3.63) is 35.9 Å². The fourth-order valence-electron chi connectivity index (χ4n) is 3.61. The largest absolute Gasteiger partial charge is 0.378 e. The molecule has 1 aromatic rings. The van der Waals surface area contributed by atoms with E-state index in [-0.39, 0.29) is 23.9 Å². The van der Waals surface area contributed by atoms with Gasteiger partial charge in [0.2, 0.25) is 0 Å². The second-order valence-corrected chi connectivity index (χ2v) is 6.28. The smallest absolute Gasteiger partial charge is 0.162 e. The molecule has 0 radical (unpaired) electrons. The van der Waals surface area contributed by atoms with Crippen LogP contribution in [0.15, 0.2) is 30.3 Å². The van der Waals surface area contributed by atoms with Crippen molar-refractivity contribution in [2.24, 2.45) is 5.92 Å². The summed E-state index contributed by atoms with van der Waals surface area (Å²) in [5.41, 5.74) is 1.27. The van der Waals surface area contributed by atoms with Gasteiger partial charge >= 0.3 is 0 Å². The van der Waals surface area contributed by atoms with E-state index in [1.54, 1.807) is 0 Å². The fourth-order valence-corrected chi connectivity index (χ4v) is 3.61. The molecule has 3 rings (SSSR count). The van der Waals surface area contributed by atoms with Crippen molar-refractivity contribution >= 4 is 5.78 Å². The standard InChI is InChI=1S/C18H24O3/c1-2-6-14(13-7-4-3-5-8-13)10-17(19)18-15-9-16(21-18)12-20-11-15/h3-5,7-8,14-16,18H,2,6,9-12H2,1H3. The minimum absolute atomic E-state index is 0.138. The summed E-state index contributed by atoms with van der Waals surface area (Å²) in [4.78, 5) is 12.7. The zero-order chi connectivity index (χ0) is 14.7. The minimum atomic E-state index is -0.236. The quantitative estimate of drug-likeness (QED) is 0.805. The molecule has 3 heteroatoms. The van der Waals surface area contributed by atoms with Crippen molar-refractivity contribution in [2.75, 3.05) is 13.2 Å². The van der Waals surface area contributed by atoms with Crippen LogP contribution in [0.4, 0.5) is 0 Å². The first-order chi connectivity index (χ1) is 10.3. The zero-order valence-electron chi connectivity index (χ0n) is 12.7. The normalized spacial score (nSPS) is 29.3. The van der Waals surface area contributed by atoms with Crippen LogP contribution in [0.1, 0.15) is 44.1 Å². The first-order valence-corrected chi connectivity index (χ1v) is 8.08. The van der Waals surface area contributed by atoms with Crippen LogP contribution in [0.2, 0.25) is 0 Å². The summed E-state index contributed by atoms with van der Waals surface area (Å²) in [5.74, 6) is 0.846. The number of fused-ring (bicyclic) bond motifs is 2. The molecule has 0 saturated carbocycles. The maximum absolute atomic E-state index is 12.7. The second kappa shape index (κ2) is 6.71. The molecule has 114 valence electrons. The average molecular weight is 288 g/mol. The van der Waals surface area contributed by atoms with Crippen molar-refractivity contribution in [1.82, 2.24) is 0 Å². The number of benzene rings is 1. The van der Waals surface area contributed by atoms with Gasteiger partial charge in [-0.15, -0.1) is 0 Å². The molecule has 0 spiro atoms. The highest BCUT2D eigenvalue weighted by Crippen LogP contribution is 2.34. The van der Waals surface area contributed by atoms with Gasteiger partial charge in [0.05, 0.1) is 19.3 Å². The van der Waals surface area contributed by atoms with Crippen molar-refractivity contribution in [2.45, 2.75) is 50.7 Å². The minimum Gasteiger partial charge on any atom is -0.378 e. The number of hydrogen-bond acceptors (Lipinski definition) is 3. The number of carbonyl (C=O) groups is 1. The van der Waals surface area contributed by atoms with E-state index in [4.69, 9.17) is 9.47 Å². The van der Waals surface area contributed by atoms with Crippen LogP contribution in [0.25, 0.3) is 0 Å². The highest BCUT2D eigenvalue weighted by molar-refractivity contribution is 5.84. The van der Waals surface area contributed by atoms with E-state index in [2.05, 4.69) is 31.2 Å². The molecular weight excluding hydrogens is 264 g/mol. The number of carbonyl (C=O) groups excluding carboxylic acids is 1. The predicted molar refractivity (Wildman–Crippen MR) is 81.3 cm³/mol. The van der Waals surface area contributed by atoms with Crippen molar-refractivity contribution in [3.8, 4) is 0 Å². The van der Waals surface area contributed by atoms with Gasteiger partial charge in [-0.25, -0.2) is 0 Å². The first-order valence-electron chi connectivity index (χ1n) is 8.08. The van der Waals surface area contributed by atoms with E-state index in [0.29, 0.717) is 25.6 Å². The molecule has 3 nitrogen and oxygen atoms in total. The Hall–Kier alpha value is -1.19. The summed E-state index contributed by atoms with van der Waals surface area (Å²) in [6.07, 6.45) is 3.62. The molecule has 2 bridgehead atoms. The molecule has 0 aliphatic carbocycles. The number of rotatable bonds is 6. The molecule has 0 aromatic heterocycles. The molecule has 4 atom stereocenters. The molecule has 2 heterocycles. The second-order valence-electron chi connectivity index (χ2n) is 6.28. The summed E-state index contributed by atoms with van der Waals surface area (Å²) in [6.45, 7) is 3.50. The highest BCUT2D eigenvalue weighted by Gasteiger charge is 2.42. The SMILES string of the molecule is CCCC(CC(=O)C1OC2COCC1C2)c1ccccc1. The van der Waals surface area contributed by atoms with Crippen LogP contribution in [-0.4, -0.2) is 31.2 Å². The lowest BCUT2D eigenvalue weighted by Gasteiger charge is -2.21. The van der Waals surface area contributed by atoms with Crippen molar-refractivity contribution in [1.29, 1.82) is 0 Å². The van der Waals surface area contributed by atoms with Gasteiger partial charge in [0.15, 0.2) is 5.78 Å². The predicted octanol–water partition coefficient (Wildman–Crippen LogP) is 3.33. The monoisotopic (exact) mass is 288 g/mol. The van der Waals surface area contributed by atoms with Crippen LogP contribution < -0.4 is 0 Å². The van der Waals surface area contributed by atoms with Gasteiger partial charge in [-0.2, -0.15) is 0 Å². The third-order valence-corrected chi connectivity index (χ3v) is 4.64. The van der Waals surface area contributed by atoms with Crippen LogP contribution in [0.3, 0.4) is 0 Å². The lowest BCUT2D eigenvalue weighted by atomic mass is 9.86. The Kier molecular flexibility index (Phi) is 4.71. The molecule has 2 saturated heterocycles. The summed E-state index contributed by atoms with van der Waals surface area (Å²) < 4.78 is 11.4. The molecule has 2 aliphatic heterocycles. The van der Waals surface area contributed by atoms with Gasteiger partial charge in [0, 0.05) is 12.3 Å². The Morgan fingerprint density at radius 1 is 1.29 bits per heavy atom. The number of ketones is 1. The van der Waals surface area contributed by atoms with E-state index in [0.717, 1.165) is 19.3 Å². The highest BCUT2D eigenvalue weighted by atomic mass is 16.6. The van der Waals surface area contributed by atoms with E-state index < -0.39 is 0 Å². The summed E-state index contributed by atoms with van der Waals surface area (Å²) in [5, 5.41) is 0. The van der Waals surface area contributed by atoms with Gasteiger partial charge in [-0.3, -0.25) is 4.79 Å². The van der Waals surface area contributed by atoms with E-state index in [9.17, 15) is 4.79 Å². The molecule has 2 fully saturated rings. The summed E-state index contributed by atoms with van der Waals surface area (Å²) in [7, 11) is 0. The van der Waals surface area contributed by atoms with Gasteiger partial charge in [-0.05, 0) is 24.3 Å². The van der Waals surface area contributed by atoms with E-state index in [1.165, 1.54) is 5.56 Å². The van der Waals surface area contributed by atoms with Crippen LogP contribution in [-0.2, 0) is 14.3 Å². The third-order valence-electron chi connectivity index (χ3n) is 4.64. The Morgan fingerprint density at radius 3 is 2.81 bits per heavy atom. The van der Waals surface area contributed by atoms with Crippen molar-refractivity contribution in [3.63, 3.8) is 0 Å². The van der Waals surface area contributed by atoms with Crippen LogP contribution in [0.5, 0.6) is 0 Å². The lowest BCUT2D eigenvalue weighted by Crippen LogP contribution is -2.30. The van der Waals surface area contributed by atoms with Crippen LogP contribution in [0, 0.1) is 5.92 Å². The Bertz CT molecular complexity index is 471. The maximum atomic E-state index is 12.7. The Morgan fingerprint density at radius 2 is 2.10 bits per heavy atom. The van der Waals surface area contributed by atoms with Gasteiger partial charge in [-0.1, -0.05) is 43.7 Å². The third kappa shape index (κ3) is 3.35. The summed E-state index contributed by atoms with van der Waals surface area (Å²) in [6, 6.07) is 10.4. The van der Waals surface area contributed by atoms with Gasteiger partial charge in [0.1, 0.15) is 6.10 Å². The van der Waals surface area contributed by atoms with Crippen molar-refractivity contribution < 1.29 is 14.3 Å². The van der Waals surface area contributed by atoms with Crippen LogP contribution >= 0.6 is 0 Å². The maximum Gasteiger partial charge on any atom is 0.162 e. The Balaban J connectivity index is 1.67. The molecule has 2 aliphatic rings. The number of hydrogen-bond donors (Lipinski definition) is 0. The molecule has 21 heavy (non-hydrogen) atoms. The number of ether oxygens (including phenoxy) is 2. The topological polar surface area (TPSA) is 35.5 Å². The molecule has 0 N–H and O–H groups in total. The molecule has 0 amide bonds. The van der Waals surface area contributed by atoms with Gasteiger partial charge < -0.3 is 9.47 Å². The first kappa shape index (κ1) is 14.7. The number of Topliss-reactive ketones (excluding diaryl/α,β-unsaturated/α-hetero) is 1.